The first-order valence-electron chi connectivity index (χ1n) is 5.56. The Morgan fingerprint density at radius 2 is 2.16 bits per heavy atom. The fourth-order valence-corrected chi connectivity index (χ4v) is 1.85. The summed E-state index contributed by atoms with van der Waals surface area (Å²) in [6.07, 6.45) is -0.302. The fourth-order valence-electron chi connectivity index (χ4n) is 1.85. The number of H-pyrrole nitrogens is 1. The molecule has 2 N–H and O–H groups in total. The van der Waals surface area contributed by atoms with Crippen molar-refractivity contribution in [3.05, 3.63) is 39.0 Å². The zero-order valence-corrected chi connectivity index (χ0v) is 10.2. The molecule has 0 aliphatic carbocycles. The van der Waals surface area contributed by atoms with Crippen molar-refractivity contribution < 1.29 is 14.6 Å². The first kappa shape index (κ1) is 12.9. The zero-order chi connectivity index (χ0) is 14.0. The maximum absolute atomic E-state index is 12.2. The number of hydrogen-bond acceptors (Lipinski definition) is 4. The van der Waals surface area contributed by atoms with Crippen LogP contribution >= 0.6 is 0 Å². The third-order valence-corrected chi connectivity index (χ3v) is 2.74. The van der Waals surface area contributed by atoms with Crippen LogP contribution in [0.3, 0.4) is 0 Å². The van der Waals surface area contributed by atoms with Crippen molar-refractivity contribution in [1.82, 2.24) is 9.55 Å². The molecule has 100 valence electrons. The highest BCUT2D eigenvalue weighted by molar-refractivity contribution is 5.83. The minimum Gasteiger partial charge on any atom is -0.496 e. The summed E-state index contributed by atoms with van der Waals surface area (Å²) in [4.78, 5) is 37.0. The lowest BCUT2D eigenvalue weighted by molar-refractivity contribution is -0.137. The van der Waals surface area contributed by atoms with Crippen molar-refractivity contribution in [2.75, 3.05) is 7.11 Å². The Morgan fingerprint density at radius 3 is 2.79 bits per heavy atom. The smallest absolute Gasteiger partial charge is 0.328 e. The lowest BCUT2D eigenvalue weighted by Gasteiger charge is -2.07. The quantitative estimate of drug-likeness (QED) is 0.819. The van der Waals surface area contributed by atoms with Crippen LogP contribution in [0.25, 0.3) is 10.9 Å². The highest BCUT2D eigenvalue weighted by Crippen LogP contribution is 2.19. The molecule has 0 spiro atoms. The number of hydrogen-bond donors (Lipinski definition) is 2. The van der Waals surface area contributed by atoms with Gasteiger partial charge in [0.1, 0.15) is 11.1 Å². The van der Waals surface area contributed by atoms with Gasteiger partial charge in [-0.3, -0.25) is 14.2 Å². The number of aromatic amines is 1. The van der Waals surface area contributed by atoms with E-state index in [9.17, 15) is 14.4 Å². The minimum absolute atomic E-state index is 0.183. The highest BCUT2D eigenvalue weighted by Gasteiger charge is 2.12. The zero-order valence-electron chi connectivity index (χ0n) is 10.2. The van der Waals surface area contributed by atoms with Crippen molar-refractivity contribution in [1.29, 1.82) is 0 Å². The number of carboxylic acid groups (broad SMARTS) is 1. The normalized spacial score (nSPS) is 10.6. The van der Waals surface area contributed by atoms with E-state index in [-0.39, 0.29) is 18.4 Å². The lowest BCUT2D eigenvalue weighted by atomic mass is 10.2. The molecule has 0 atom stereocenters. The van der Waals surface area contributed by atoms with Crippen molar-refractivity contribution in [3.63, 3.8) is 0 Å². The monoisotopic (exact) mass is 264 g/mol. The summed E-state index contributed by atoms with van der Waals surface area (Å²) in [5.41, 5.74) is -0.828. The van der Waals surface area contributed by atoms with E-state index in [4.69, 9.17) is 9.84 Å². The molecule has 0 aliphatic rings. The van der Waals surface area contributed by atoms with Gasteiger partial charge in [-0.05, 0) is 12.1 Å². The maximum Gasteiger partial charge on any atom is 0.328 e. The van der Waals surface area contributed by atoms with Crippen LogP contribution in [0.2, 0.25) is 0 Å². The number of fused-ring (bicyclic) bond motifs is 1. The second-order valence-corrected chi connectivity index (χ2v) is 3.91. The molecule has 0 fully saturated rings. The van der Waals surface area contributed by atoms with Crippen LogP contribution < -0.4 is 16.0 Å². The number of benzene rings is 1. The molecule has 7 heteroatoms. The van der Waals surface area contributed by atoms with Gasteiger partial charge >= 0.3 is 11.7 Å². The number of rotatable bonds is 4. The number of aromatic nitrogens is 2. The van der Waals surface area contributed by atoms with Gasteiger partial charge in [-0.2, -0.15) is 0 Å². The van der Waals surface area contributed by atoms with Crippen molar-refractivity contribution >= 4 is 16.9 Å². The standard InChI is InChI=1S/C12H12N2O5/c1-19-8-4-2-3-7-10(8)11(17)14(12(18)13-7)6-5-9(15)16/h2-4H,5-6H2,1H3,(H,13,18)(H,15,16). The fraction of sp³-hybridized carbons (Fsp3) is 0.250. The van der Waals surface area contributed by atoms with E-state index >= 15 is 0 Å². The third-order valence-electron chi connectivity index (χ3n) is 2.74. The summed E-state index contributed by atoms with van der Waals surface area (Å²) in [6, 6.07) is 4.84. The van der Waals surface area contributed by atoms with Gasteiger partial charge in [0.2, 0.25) is 0 Å². The largest absolute Gasteiger partial charge is 0.496 e. The van der Waals surface area contributed by atoms with Crippen LogP contribution in [-0.4, -0.2) is 27.7 Å². The van der Waals surface area contributed by atoms with E-state index in [2.05, 4.69) is 4.98 Å². The van der Waals surface area contributed by atoms with Crippen LogP contribution in [0.5, 0.6) is 5.75 Å². The molecule has 19 heavy (non-hydrogen) atoms. The Kier molecular flexibility index (Phi) is 3.37. The molecule has 0 unspecified atom stereocenters. The molecular formula is C12H12N2O5. The predicted octanol–water partition coefficient (Wildman–Crippen LogP) is 0.173. The number of carbonyl (C=O) groups is 1. The van der Waals surface area contributed by atoms with E-state index in [1.165, 1.54) is 7.11 Å². The number of nitrogens with zero attached hydrogens (tertiary/aromatic N) is 1. The molecule has 1 aromatic carbocycles. The summed E-state index contributed by atoms with van der Waals surface area (Å²) >= 11 is 0. The summed E-state index contributed by atoms with van der Waals surface area (Å²) < 4.78 is 5.94. The van der Waals surface area contributed by atoms with Gasteiger partial charge in [-0.15, -0.1) is 0 Å². The van der Waals surface area contributed by atoms with E-state index in [1.807, 2.05) is 0 Å². The van der Waals surface area contributed by atoms with E-state index in [1.54, 1.807) is 18.2 Å². The van der Waals surface area contributed by atoms with Crippen molar-refractivity contribution in [2.45, 2.75) is 13.0 Å². The number of aliphatic carboxylic acids is 1. The van der Waals surface area contributed by atoms with Gasteiger partial charge in [0.05, 0.1) is 19.0 Å². The number of methoxy groups -OCH3 is 1. The highest BCUT2D eigenvalue weighted by atomic mass is 16.5. The summed E-state index contributed by atoms with van der Waals surface area (Å²) in [7, 11) is 1.42. The second-order valence-electron chi connectivity index (χ2n) is 3.91. The van der Waals surface area contributed by atoms with Gasteiger partial charge in [0.15, 0.2) is 0 Å². The van der Waals surface area contributed by atoms with Crippen LogP contribution in [0.1, 0.15) is 6.42 Å². The maximum atomic E-state index is 12.2. The predicted molar refractivity (Wildman–Crippen MR) is 67.6 cm³/mol. The molecule has 7 nitrogen and oxygen atoms in total. The summed E-state index contributed by atoms with van der Waals surface area (Å²) in [5.74, 6) is -0.741. The Balaban J connectivity index is 2.69. The molecule has 1 aromatic heterocycles. The number of ether oxygens (including phenoxy) is 1. The molecular weight excluding hydrogens is 252 g/mol. The number of nitrogens with one attached hydrogen (secondary N) is 1. The SMILES string of the molecule is COc1cccc2[nH]c(=O)n(CCC(=O)O)c(=O)c12. The van der Waals surface area contributed by atoms with E-state index in [0.29, 0.717) is 11.3 Å². The van der Waals surface area contributed by atoms with Crippen LogP contribution in [0, 0.1) is 0 Å². The van der Waals surface area contributed by atoms with Gasteiger partial charge < -0.3 is 14.8 Å². The van der Waals surface area contributed by atoms with Gasteiger partial charge in [0.25, 0.3) is 5.56 Å². The van der Waals surface area contributed by atoms with Crippen LogP contribution in [0.4, 0.5) is 0 Å². The topological polar surface area (TPSA) is 101 Å². The van der Waals surface area contributed by atoms with E-state index in [0.717, 1.165) is 4.57 Å². The molecule has 2 rings (SSSR count). The number of carboxylic acids is 1. The van der Waals surface area contributed by atoms with Crippen LogP contribution in [-0.2, 0) is 11.3 Å². The summed E-state index contributed by atoms with van der Waals surface area (Å²) in [6.45, 7) is -0.183. The average Bonchev–Trinajstić information content (AvgIpc) is 2.37. The lowest BCUT2D eigenvalue weighted by Crippen LogP contribution is -2.35. The molecule has 0 amide bonds. The van der Waals surface area contributed by atoms with Crippen LogP contribution in [0.15, 0.2) is 27.8 Å². The van der Waals surface area contributed by atoms with Gasteiger partial charge in [-0.25, -0.2) is 4.79 Å². The Hall–Kier alpha value is -2.57. The molecule has 2 aromatic rings. The van der Waals surface area contributed by atoms with Gasteiger partial charge in [0, 0.05) is 6.54 Å². The Labute approximate surface area is 107 Å². The Bertz CT molecular complexity index is 744. The molecule has 0 aliphatic heterocycles. The third kappa shape index (κ3) is 2.35. The first-order valence-corrected chi connectivity index (χ1v) is 5.56. The molecule has 0 saturated carbocycles. The van der Waals surface area contributed by atoms with Gasteiger partial charge in [-0.1, -0.05) is 6.07 Å². The molecule has 1 heterocycles. The molecule has 0 radical (unpaired) electrons. The second kappa shape index (κ2) is 4.97. The van der Waals surface area contributed by atoms with E-state index < -0.39 is 17.2 Å². The Morgan fingerprint density at radius 1 is 1.42 bits per heavy atom. The van der Waals surface area contributed by atoms with Crippen molar-refractivity contribution in [2.24, 2.45) is 0 Å². The first-order chi connectivity index (χ1) is 9.04. The van der Waals surface area contributed by atoms with Crippen molar-refractivity contribution in [3.8, 4) is 5.75 Å². The molecule has 0 bridgehead atoms. The molecule has 0 saturated heterocycles. The average molecular weight is 264 g/mol. The summed E-state index contributed by atoms with van der Waals surface area (Å²) in [5, 5.41) is 8.85. The minimum atomic E-state index is -1.08.